The van der Waals surface area contributed by atoms with Gasteiger partial charge in [0.2, 0.25) is 34.8 Å². The number of ether oxygens (including phenoxy) is 2. The Hall–Kier alpha value is -3.46. The maximum absolute atomic E-state index is 14.1. The third-order valence-electron chi connectivity index (χ3n) is 3.38. The largest absolute Gasteiger partial charge is 0.421 e. The van der Waals surface area contributed by atoms with Crippen molar-refractivity contribution in [2.75, 3.05) is 0 Å². The minimum absolute atomic E-state index is 2.51. The van der Waals surface area contributed by atoms with E-state index >= 15 is 0 Å². The van der Waals surface area contributed by atoms with Gasteiger partial charge < -0.3 is 9.47 Å². The predicted molar refractivity (Wildman–Crippen MR) is 73.5 cm³/mol. The summed E-state index contributed by atoms with van der Waals surface area (Å²) < 4.78 is 192. The van der Waals surface area contributed by atoms with Gasteiger partial charge in [0.1, 0.15) is 0 Å². The number of rotatable bonds is 5. The summed E-state index contributed by atoms with van der Waals surface area (Å²) in [6.07, 6.45) is -6.70. The van der Waals surface area contributed by atoms with Gasteiger partial charge in [0.15, 0.2) is 23.3 Å². The summed E-state index contributed by atoms with van der Waals surface area (Å²) in [7, 11) is 0. The molecule has 0 bridgehead atoms. The van der Waals surface area contributed by atoms with Crippen LogP contribution in [-0.4, -0.2) is 0 Å². The van der Waals surface area contributed by atoms with Crippen molar-refractivity contribution in [1.82, 2.24) is 0 Å². The lowest BCUT2D eigenvalue weighted by atomic mass is 10.0. The van der Waals surface area contributed by atoms with E-state index in [1.165, 1.54) is 0 Å². The smallest absolute Gasteiger partial charge is 0.344 e. The van der Waals surface area contributed by atoms with Gasteiger partial charge in [0.05, 0.1) is 11.1 Å². The zero-order valence-electron chi connectivity index (χ0n) is 14.1. The highest BCUT2D eigenvalue weighted by Gasteiger charge is 2.36. The highest BCUT2D eigenvalue weighted by Crippen LogP contribution is 2.42. The van der Waals surface area contributed by atoms with Crippen LogP contribution in [0.1, 0.15) is 0 Å². The fourth-order valence-corrected chi connectivity index (χ4v) is 2.10. The monoisotopic (exact) mass is 490 g/mol. The molecule has 0 atom stereocenters. The fourth-order valence-electron chi connectivity index (χ4n) is 2.10. The van der Waals surface area contributed by atoms with Crippen molar-refractivity contribution < 1.29 is 70.9 Å². The molecule has 0 N–H and O–H groups in total. The van der Waals surface area contributed by atoms with Crippen molar-refractivity contribution in [2.45, 2.75) is 0 Å². The zero-order valence-corrected chi connectivity index (χ0v) is 14.1. The first-order valence-corrected chi connectivity index (χ1v) is 7.21. The van der Waals surface area contributed by atoms with Crippen LogP contribution in [0.5, 0.6) is 11.5 Å². The number of benzene rings is 2. The van der Waals surface area contributed by atoms with E-state index in [4.69, 9.17) is 0 Å². The molecule has 0 unspecified atom stereocenters. The van der Waals surface area contributed by atoms with E-state index in [0.29, 0.717) is 0 Å². The molecule has 0 heterocycles. The van der Waals surface area contributed by atoms with Gasteiger partial charge in [0.25, 0.3) is 0 Å². The molecule has 174 valence electrons. The van der Waals surface area contributed by atoms with E-state index in [2.05, 4.69) is 9.47 Å². The first-order chi connectivity index (χ1) is 14.7. The van der Waals surface area contributed by atoms with Gasteiger partial charge in [-0.15, -0.1) is 0 Å². The molecule has 0 spiro atoms. The molecule has 2 nitrogen and oxygen atoms in total. The van der Waals surface area contributed by atoms with Crippen LogP contribution in [0.2, 0.25) is 0 Å². The molecule has 0 aliphatic carbocycles. The molecule has 0 aliphatic rings. The highest BCUT2D eigenvalue weighted by atomic mass is 19.3. The lowest BCUT2D eigenvalue weighted by Crippen LogP contribution is -2.10. The molecule has 2 aromatic rings. The van der Waals surface area contributed by atoms with Crippen LogP contribution in [0.25, 0.3) is 11.1 Å². The first-order valence-electron chi connectivity index (χ1n) is 7.21. The summed E-state index contributed by atoms with van der Waals surface area (Å²) in [4.78, 5) is 0. The zero-order chi connectivity index (χ0) is 24.7. The van der Waals surface area contributed by atoms with Crippen molar-refractivity contribution in [3.8, 4) is 22.6 Å². The van der Waals surface area contributed by atoms with Crippen LogP contribution >= 0.6 is 0 Å². The van der Waals surface area contributed by atoms with Gasteiger partial charge in [-0.3, -0.25) is 0 Å². The molecular formula is C16F14O2. The number of hydrogen-bond donors (Lipinski definition) is 0. The van der Waals surface area contributed by atoms with Crippen molar-refractivity contribution in [1.29, 1.82) is 0 Å². The van der Waals surface area contributed by atoms with Crippen molar-refractivity contribution in [3.05, 3.63) is 70.7 Å². The average Bonchev–Trinajstić information content (AvgIpc) is 2.73. The van der Waals surface area contributed by atoms with E-state index < -0.39 is 93.4 Å². The molecular weight excluding hydrogens is 490 g/mol. The van der Waals surface area contributed by atoms with Crippen LogP contribution in [0.3, 0.4) is 0 Å². The topological polar surface area (TPSA) is 18.5 Å². The molecule has 16 heteroatoms. The Morgan fingerprint density at radius 2 is 0.594 bits per heavy atom. The standard InChI is InChI=1S/C16F14O2/c17-3-1(4(18)8(22)11(7(3)21)31-15(29)13(25)26)2-5(19)9(23)12(10(24)6(2)20)32-16(30)14(27)28. The molecule has 0 saturated carbocycles. The second kappa shape index (κ2) is 8.96. The van der Waals surface area contributed by atoms with Gasteiger partial charge >= 0.3 is 24.2 Å². The third kappa shape index (κ3) is 4.16. The van der Waals surface area contributed by atoms with Crippen LogP contribution in [0, 0.1) is 46.5 Å². The molecule has 32 heavy (non-hydrogen) atoms. The second-order valence-electron chi connectivity index (χ2n) is 5.19. The number of halogens is 14. The Bertz CT molecular complexity index is 1010. The molecule has 0 fully saturated rings. The Balaban J connectivity index is 2.85. The molecule has 0 saturated heterocycles. The third-order valence-corrected chi connectivity index (χ3v) is 3.38. The van der Waals surface area contributed by atoms with Gasteiger partial charge in [-0.1, -0.05) is 0 Å². The Morgan fingerprint density at radius 1 is 0.375 bits per heavy atom. The SMILES string of the molecule is FC(F)=C(F)Oc1c(F)c(F)c(-c2c(F)c(F)c(OC(F)=C(F)F)c(F)c2F)c(F)c1F. The normalized spacial score (nSPS) is 10.8. The lowest BCUT2D eigenvalue weighted by Gasteiger charge is -2.15. The van der Waals surface area contributed by atoms with Crippen LogP contribution < -0.4 is 9.47 Å². The van der Waals surface area contributed by atoms with E-state index in [0.717, 1.165) is 0 Å². The summed E-state index contributed by atoms with van der Waals surface area (Å²) >= 11 is 0. The molecule has 0 amide bonds. The summed E-state index contributed by atoms with van der Waals surface area (Å²) in [6, 6.07) is -6.08. The van der Waals surface area contributed by atoms with E-state index in [1.807, 2.05) is 0 Å². The Labute approximate surface area is 165 Å². The fraction of sp³-hybridized carbons (Fsp3) is 0. The Morgan fingerprint density at radius 3 is 0.781 bits per heavy atom. The van der Waals surface area contributed by atoms with Crippen molar-refractivity contribution >= 4 is 0 Å². The maximum Gasteiger partial charge on any atom is 0.344 e. The van der Waals surface area contributed by atoms with E-state index in [-0.39, 0.29) is 0 Å². The first kappa shape index (κ1) is 24.8. The van der Waals surface area contributed by atoms with Gasteiger partial charge in [-0.05, 0) is 0 Å². The summed E-state index contributed by atoms with van der Waals surface area (Å²) in [5.41, 5.74) is -5.08. The minimum Gasteiger partial charge on any atom is -0.421 e. The van der Waals surface area contributed by atoms with Crippen LogP contribution in [-0.2, 0) is 0 Å². The molecule has 2 aromatic carbocycles. The lowest BCUT2D eigenvalue weighted by molar-refractivity contribution is 0.221. The van der Waals surface area contributed by atoms with E-state index in [9.17, 15) is 61.5 Å². The minimum atomic E-state index is -3.35. The number of hydrogen-bond acceptors (Lipinski definition) is 2. The summed E-state index contributed by atoms with van der Waals surface area (Å²) in [6.45, 7) is 0. The van der Waals surface area contributed by atoms with Gasteiger partial charge in [0, 0.05) is 0 Å². The molecule has 2 rings (SSSR count). The molecule has 0 aromatic heterocycles. The average molecular weight is 490 g/mol. The second-order valence-corrected chi connectivity index (χ2v) is 5.19. The van der Waals surface area contributed by atoms with Crippen LogP contribution in [0.4, 0.5) is 61.5 Å². The van der Waals surface area contributed by atoms with Gasteiger partial charge in [-0.2, -0.15) is 43.9 Å². The van der Waals surface area contributed by atoms with Crippen molar-refractivity contribution in [3.63, 3.8) is 0 Å². The quantitative estimate of drug-likeness (QED) is 0.249. The maximum atomic E-state index is 14.1. The van der Waals surface area contributed by atoms with Crippen LogP contribution in [0.15, 0.2) is 24.2 Å². The Kier molecular flexibility index (Phi) is 6.94. The molecule has 0 radical (unpaired) electrons. The van der Waals surface area contributed by atoms with Crippen molar-refractivity contribution in [2.24, 2.45) is 0 Å². The predicted octanol–water partition coefficient (Wildman–Crippen LogP) is 7.29. The highest BCUT2D eigenvalue weighted by molar-refractivity contribution is 5.69. The van der Waals surface area contributed by atoms with E-state index in [1.54, 1.807) is 0 Å². The molecule has 0 aliphatic heterocycles. The summed E-state index contributed by atoms with van der Waals surface area (Å²) in [5.74, 6) is -28.2. The summed E-state index contributed by atoms with van der Waals surface area (Å²) in [5, 5.41) is 0. The van der Waals surface area contributed by atoms with Gasteiger partial charge in [-0.25, -0.2) is 17.6 Å².